The maximum absolute atomic E-state index is 5.49. The Labute approximate surface area is 92.5 Å². The molecule has 0 spiro atoms. The van der Waals surface area contributed by atoms with Crippen LogP contribution in [-0.4, -0.2) is 16.2 Å². The molecule has 0 aliphatic rings. The molecule has 2 aromatic rings. The van der Waals surface area contributed by atoms with Crippen molar-refractivity contribution in [3.8, 4) is 11.8 Å². The molecule has 0 N–H and O–H groups in total. The van der Waals surface area contributed by atoms with Crippen LogP contribution in [0.1, 0.15) is 0 Å². The van der Waals surface area contributed by atoms with Crippen molar-refractivity contribution in [2.24, 2.45) is 0 Å². The molecule has 1 aromatic carbocycles. The SMILES string of the molecule is CSc1ccnc(Oc2ccccc2)n1. The third-order valence-corrected chi connectivity index (χ3v) is 2.42. The van der Waals surface area contributed by atoms with Gasteiger partial charge in [0.15, 0.2) is 0 Å². The lowest BCUT2D eigenvalue weighted by atomic mass is 10.3. The Morgan fingerprint density at radius 3 is 2.67 bits per heavy atom. The smallest absolute Gasteiger partial charge is 0.322 e. The lowest BCUT2D eigenvalue weighted by Crippen LogP contribution is -1.91. The molecule has 0 unspecified atom stereocenters. The topological polar surface area (TPSA) is 35.0 Å². The van der Waals surface area contributed by atoms with Gasteiger partial charge in [0.05, 0.1) is 0 Å². The molecule has 15 heavy (non-hydrogen) atoms. The average molecular weight is 218 g/mol. The van der Waals surface area contributed by atoms with Crippen LogP contribution < -0.4 is 4.74 Å². The van der Waals surface area contributed by atoms with E-state index in [4.69, 9.17) is 4.74 Å². The molecular formula is C11H10N2OS. The van der Waals surface area contributed by atoms with Gasteiger partial charge in [-0.1, -0.05) is 18.2 Å². The van der Waals surface area contributed by atoms with Crippen molar-refractivity contribution in [1.29, 1.82) is 0 Å². The molecule has 0 fully saturated rings. The summed E-state index contributed by atoms with van der Waals surface area (Å²) in [6, 6.07) is 11.7. The minimum absolute atomic E-state index is 0.382. The molecule has 3 nitrogen and oxygen atoms in total. The molecular weight excluding hydrogens is 208 g/mol. The first-order valence-electron chi connectivity index (χ1n) is 4.48. The molecule has 0 atom stereocenters. The van der Waals surface area contributed by atoms with Gasteiger partial charge in [-0.3, -0.25) is 0 Å². The Morgan fingerprint density at radius 2 is 1.93 bits per heavy atom. The third kappa shape index (κ3) is 2.70. The highest BCUT2D eigenvalue weighted by molar-refractivity contribution is 7.98. The Bertz CT molecular complexity index is 434. The van der Waals surface area contributed by atoms with Gasteiger partial charge in [-0.15, -0.1) is 11.8 Å². The molecule has 0 bridgehead atoms. The Morgan fingerprint density at radius 1 is 1.13 bits per heavy atom. The first-order valence-corrected chi connectivity index (χ1v) is 5.71. The molecule has 0 saturated heterocycles. The highest BCUT2D eigenvalue weighted by atomic mass is 32.2. The maximum atomic E-state index is 5.49. The number of aromatic nitrogens is 2. The number of hydrogen-bond acceptors (Lipinski definition) is 4. The van der Waals surface area contributed by atoms with E-state index in [1.165, 1.54) is 0 Å². The highest BCUT2D eigenvalue weighted by Crippen LogP contribution is 2.19. The van der Waals surface area contributed by atoms with E-state index in [1.54, 1.807) is 18.0 Å². The van der Waals surface area contributed by atoms with Gasteiger partial charge in [0.1, 0.15) is 10.8 Å². The van der Waals surface area contributed by atoms with Crippen LogP contribution in [0.25, 0.3) is 0 Å². The van der Waals surface area contributed by atoms with Gasteiger partial charge in [0.25, 0.3) is 0 Å². The van der Waals surface area contributed by atoms with Crippen molar-refractivity contribution < 1.29 is 4.74 Å². The fourth-order valence-electron chi connectivity index (χ4n) is 1.08. The molecule has 0 amide bonds. The Kier molecular flexibility index (Phi) is 3.19. The van der Waals surface area contributed by atoms with Crippen molar-refractivity contribution >= 4 is 11.8 Å². The predicted octanol–water partition coefficient (Wildman–Crippen LogP) is 2.99. The van der Waals surface area contributed by atoms with E-state index >= 15 is 0 Å². The van der Waals surface area contributed by atoms with Crippen LogP contribution in [0.4, 0.5) is 0 Å². The first-order chi connectivity index (χ1) is 7.38. The summed E-state index contributed by atoms with van der Waals surface area (Å²) in [5.41, 5.74) is 0. The third-order valence-electron chi connectivity index (χ3n) is 1.77. The summed E-state index contributed by atoms with van der Waals surface area (Å²) in [5, 5.41) is 0.899. The predicted molar refractivity (Wildman–Crippen MR) is 60.3 cm³/mol. The Hall–Kier alpha value is -1.55. The van der Waals surface area contributed by atoms with Gasteiger partial charge < -0.3 is 4.74 Å². The summed E-state index contributed by atoms with van der Waals surface area (Å²) in [4.78, 5) is 8.25. The van der Waals surface area contributed by atoms with Crippen molar-refractivity contribution in [2.75, 3.05) is 6.26 Å². The molecule has 0 saturated carbocycles. The summed E-state index contributed by atoms with van der Waals surface area (Å²) in [7, 11) is 0. The largest absolute Gasteiger partial charge is 0.424 e. The van der Waals surface area contributed by atoms with E-state index in [-0.39, 0.29) is 0 Å². The van der Waals surface area contributed by atoms with E-state index in [1.807, 2.05) is 42.7 Å². The molecule has 1 aromatic heterocycles. The van der Waals surface area contributed by atoms with Crippen LogP contribution in [0, 0.1) is 0 Å². The second-order valence-corrected chi connectivity index (χ2v) is 3.62. The fourth-order valence-corrected chi connectivity index (χ4v) is 1.45. The standard InChI is InChI=1S/C11H10N2OS/c1-15-10-7-8-12-11(13-10)14-9-5-3-2-4-6-9/h2-8H,1H3. The Balaban J connectivity index is 2.17. The minimum atomic E-state index is 0.382. The summed E-state index contributed by atoms with van der Waals surface area (Å²) < 4.78 is 5.49. The number of ether oxygens (including phenoxy) is 1. The molecule has 1 heterocycles. The highest BCUT2D eigenvalue weighted by Gasteiger charge is 2.00. The summed E-state index contributed by atoms with van der Waals surface area (Å²) >= 11 is 1.56. The van der Waals surface area contributed by atoms with Crippen molar-refractivity contribution in [3.63, 3.8) is 0 Å². The summed E-state index contributed by atoms with van der Waals surface area (Å²) in [6.45, 7) is 0. The minimum Gasteiger partial charge on any atom is -0.424 e. The molecule has 2 rings (SSSR count). The maximum Gasteiger partial charge on any atom is 0.322 e. The van der Waals surface area contributed by atoms with Gasteiger partial charge in [0, 0.05) is 6.20 Å². The first kappa shape index (κ1) is 9.98. The van der Waals surface area contributed by atoms with Crippen LogP contribution in [0.3, 0.4) is 0 Å². The quantitative estimate of drug-likeness (QED) is 0.586. The van der Waals surface area contributed by atoms with E-state index in [2.05, 4.69) is 9.97 Å². The zero-order valence-corrected chi connectivity index (χ0v) is 9.07. The molecule has 0 radical (unpaired) electrons. The van der Waals surface area contributed by atoms with Crippen LogP contribution in [0.5, 0.6) is 11.8 Å². The van der Waals surface area contributed by atoms with Crippen LogP contribution in [-0.2, 0) is 0 Å². The second-order valence-electron chi connectivity index (χ2n) is 2.80. The van der Waals surface area contributed by atoms with Gasteiger partial charge in [-0.25, -0.2) is 4.98 Å². The summed E-state index contributed by atoms with van der Waals surface area (Å²) in [6.07, 6.45) is 3.66. The number of nitrogens with zero attached hydrogens (tertiary/aromatic N) is 2. The number of hydrogen-bond donors (Lipinski definition) is 0. The van der Waals surface area contributed by atoms with Crippen molar-refractivity contribution in [2.45, 2.75) is 5.03 Å². The molecule has 0 aliphatic carbocycles. The summed E-state index contributed by atoms with van der Waals surface area (Å²) in [5.74, 6) is 0.746. The average Bonchev–Trinajstić information content (AvgIpc) is 2.31. The van der Waals surface area contributed by atoms with Crippen molar-refractivity contribution in [1.82, 2.24) is 9.97 Å². The number of para-hydroxylation sites is 1. The van der Waals surface area contributed by atoms with Gasteiger partial charge in [0.2, 0.25) is 0 Å². The zero-order chi connectivity index (χ0) is 10.5. The van der Waals surface area contributed by atoms with Gasteiger partial charge >= 0.3 is 6.01 Å². The molecule has 4 heteroatoms. The van der Waals surface area contributed by atoms with E-state index < -0.39 is 0 Å². The van der Waals surface area contributed by atoms with Gasteiger partial charge in [-0.05, 0) is 24.5 Å². The monoisotopic (exact) mass is 218 g/mol. The van der Waals surface area contributed by atoms with Crippen LogP contribution in [0.15, 0.2) is 47.6 Å². The second kappa shape index (κ2) is 4.79. The van der Waals surface area contributed by atoms with E-state index in [9.17, 15) is 0 Å². The lowest BCUT2D eigenvalue weighted by Gasteiger charge is -2.03. The number of benzene rings is 1. The number of rotatable bonds is 3. The van der Waals surface area contributed by atoms with E-state index in [0.29, 0.717) is 6.01 Å². The fraction of sp³-hybridized carbons (Fsp3) is 0.0909. The van der Waals surface area contributed by atoms with E-state index in [0.717, 1.165) is 10.8 Å². The normalized spacial score (nSPS) is 9.93. The van der Waals surface area contributed by atoms with Crippen LogP contribution in [0.2, 0.25) is 0 Å². The zero-order valence-electron chi connectivity index (χ0n) is 8.25. The number of thioether (sulfide) groups is 1. The van der Waals surface area contributed by atoms with Gasteiger partial charge in [-0.2, -0.15) is 4.98 Å². The molecule has 76 valence electrons. The molecule has 0 aliphatic heterocycles. The van der Waals surface area contributed by atoms with Crippen LogP contribution >= 0.6 is 11.8 Å². The van der Waals surface area contributed by atoms with Crippen molar-refractivity contribution in [3.05, 3.63) is 42.6 Å². The lowest BCUT2D eigenvalue weighted by molar-refractivity contribution is 0.437.